The number of hydrogen-bond acceptors (Lipinski definition) is 5. The topological polar surface area (TPSA) is 49.9 Å². The van der Waals surface area contributed by atoms with Crippen LogP contribution in [0.25, 0.3) is 0 Å². The standard InChI is InChI=1S/C14H24F4N2O3S/c1-3-4-5-6-7-8-9-20-11-10-19(2)13(20)23-24(21,22)12(15)14(16,17)18/h10-13H,3-9H2,1-2H3. The largest absolute Gasteiger partial charge is 0.436 e. The molecule has 0 aromatic heterocycles. The van der Waals surface area contributed by atoms with Gasteiger partial charge in [0.1, 0.15) is 0 Å². The molecular formula is C14H24F4N2O3S. The summed E-state index contributed by atoms with van der Waals surface area (Å²) < 4.78 is 77.4. The van der Waals surface area contributed by atoms with Gasteiger partial charge in [0.2, 0.25) is 6.35 Å². The van der Waals surface area contributed by atoms with E-state index in [2.05, 4.69) is 11.1 Å². The highest BCUT2D eigenvalue weighted by molar-refractivity contribution is 7.87. The number of hydrogen-bond donors (Lipinski definition) is 0. The zero-order valence-corrected chi connectivity index (χ0v) is 14.6. The summed E-state index contributed by atoms with van der Waals surface area (Å²) in [6.45, 7) is 2.52. The van der Waals surface area contributed by atoms with Crippen molar-refractivity contribution in [3.63, 3.8) is 0 Å². The highest BCUT2D eigenvalue weighted by Crippen LogP contribution is 2.30. The predicted octanol–water partition coefficient (Wildman–Crippen LogP) is 3.55. The lowest BCUT2D eigenvalue weighted by Crippen LogP contribution is -2.44. The Morgan fingerprint density at radius 1 is 1.12 bits per heavy atom. The van der Waals surface area contributed by atoms with Crippen molar-refractivity contribution in [1.29, 1.82) is 0 Å². The molecule has 0 fully saturated rings. The number of nitrogens with zero attached hydrogens (tertiary/aromatic N) is 2. The zero-order chi connectivity index (χ0) is 18.4. The van der Waals surface area contributed by atoms with Gasteiger partial charge in [-0.3, -0.25) is 0 Å². The monoisotopic (exact) mass is 376 g/mol. The number of halogens is 4. The van der Waals surface area contributed by atoms with Crippen LogP contribution in [-0.4, -0.2) is 49.8 Å². The van der Waals surface area contributed by atoms with E-state index in [1.807, 2.05) is 0 Å². The second-order valence-electron chi connectivity index (χ2n) is 5.74. The van der Waals surface area contributed by atoms with Gasteiger partial charge in [-0.2, -0.15) is 21.6 Å². The summed E-state index contributed by atoms with van der Waals surface area (Å²) in [6, 6.07) is 0. The maximum absolute atomic E-state index is 13.1. The molecule has 5 nitrogen and oxygen atoms in total. The van der Waals surface area contributed by atoms with Crippen LogP contribution in [0.5, 0.6) is 0 Å². The van der Waals surface area contributed by atoms with Gasteiger partial charge in [0.15, 0.2) is 0 Å². The van der Waals surface area contributed by atoms with E-state index in [0.717, 1.165) is 38.5 Å². The Morgan fingerprint density at radius 3 is 2.29 bits per heavy atom. The lowest BCUT2D eigenvalue weighted by atomic mass is 10.1. The molecule has 142 valence electrons. The van der Waals surface area contributed by atoms with Crippen molar-refractivity contribution in [2.45, 2.75) is 63.5 Å². The van der Waals surface area contributed by atoms with E-state index in [1.54, 1.807) is 0 Å². The Hall–Kier alpha value is -1.03. The normalized spacial score (nSPS) is 20.0. The molecule has 1 rings (SSSR count). The second-order valence-corrected chi connectivity index (χ2v) is 7.33. The smallest absolute Gasteiger partial charge is 0.336 e. The molecular weight excluding hydrogens is 352 g/mol. The Morgan fingerprint density at radius 2 is 1.71 bits per heavy atom. The molecule has 1 aliphatic heterocycles. The molecule has 1 aliphatic rings. The van der Waals surface area contributed by atoms with Gasteiger partial charge in [-0.15, -0.1) is 0 Å². The Kier molecular flexibility index (Phi) is 7.78. The van der Waals surface area contributed by atoms with Gasteiger partial charge in [0, 0.05) is 26.0 Å². The van der Waals surface area contributed by atoms with Crippen LogP contribution < -0.4 is 0 Å². The molecule has 2 unspecified atom stereocenters. The third-order valence-electron chi connectivity index (χ3n) is 3.63. The maximum atomic E-state index is 13.1. The molecule has 1 heterocycles. The average molecular weight is 376 g/mol. The van der Waals surface area contributed by atoms with Crippen LogP contribution >= 0.6 is 0 Å². The number of rotatable bonds is 10. The fourth-order valence-electron chi connectivity index (χ4n) is 2.29. The molecule has 0 bridgehead atoms. The summed E-state index contributed by atoms with van der Waals surface area (Å²) in [6.07, 6.45) is 2.23. The average Bonchev–Trinajstić information content (AvgIpc) is 2.81. The van der Waals surface area contributed by atoms with Gasteiger partial charge in [-0.1, -0.05) is 39.0 Å². The van der Waals surface area contributed by atoms with Crippen LogP contribution in [0.2, 0.25) is 0 Å². The number of unbranched alkanes of at least 4 members (excludes halogenated alkanes) is 5. The van der Waals surface area contributed by atoms with Crippen LogP contribution in [0, 0.1) is 0 Å². The first-order valence-corrected chi connectivity index (χ1v) is 9.35. The molecule has 10 heteroatoms. The summed E-state index contributed by atoms with van der Waals surface area (Å²) in [4.78, 5) is 2.72. The van der Waals surface area contributed by atoms with E-state index in [9.17, 15) is 26.0 Å². The molecule has 24 heavy (non-hydrogen) atoms. The first-order chi connectivity index (χ1) is 11.1. The van der Waals surface area contributed by atoms with E-state index in [1.165, 1.54) is 29.2 Å². The SMILES string of the molecule is CCCCCCCCN1C=CN(C)C1OS(=O)(=O)C(F)C(F)(F)F. The van der Waals surface area contributed by atoms with Crippen molar-refractivity contribution < 1.29 is 30.2 Å². The van der Waals surface area contributed by atoms with Crippen molar-refractivity contribution in [1.82, 2.24) is 9.80 Å². The van der Waals surface area contributed by atoms with Crippen molar-refractivity contribution in [3.05, 3.63) is 12.4 Å². The Labute approximate surface area is 140 Å². The highest BCUT2D eigenvalue weighted by Gasteiger charge is 2.52. The Bertz CT molecular complexity index is 511. The molecule has 0 aromatic rings. The summed E-state index contributed by atoms with van der Waals surface area (Å²) in [5.41, 5.74) is -4.06. The van der Waals surface area contributed by atoms with Gasteiger partial charge >= 0.3 is 21.8 Å². The summed E-state index contributed by atoms with van der Waals surface area (Å²) in [5, 5.41) is 0. The summed E-state index contributed by atoms with van der Waals surface area (Å²) >= 11 is 0. The third-order valence-corrected chi connectivity index (χ3v) is 4.84. The fourth-order valence-corrected chi connectivity index (χ4v) is 3.20. The van der Waals surface area contributed by atoms with E-state index in [4.69, 9.17) is 0 Å². The van der Waals surface area contributed by atoms with Crippen molar-refractivity contribution in [3.8, 4) is 0 Å². The quantitative estimate of drug-likeness (QED) is 0.332. The van der Waals surface area contributed by atoms with Crippen molar-refractivity contribution in [2.24, 2.45) is 0 Å². The molecule has 0 N–H and O–H groups in total. The lowest BCUT2D eigenvalue weighted by Gasteiger charge is -2.30. The predicted molar refractivity (Wildman–Crippen MR) is 81.7 cm³/mol. The van der Waals surface area contributed by atoms with Crippen LogP contribution in [0.3, 0.4) is 0 Å². The molecule has 0 saturated heterocycles. The molecule has 2 atom stereocenters. The van der Waals surface area contributed by atoms with Crippen molar-refractivity contribution >= 4 is 10.1 Å². The first kappa shape index (κ1) is 21.0. The number of alkyl halides is 4. The second kappa shape index (κ2) is 8.89. The van der Waals surface area contributed by atoms with E-state index < -0.39 is 28.1 Å². The van der Waals surface area contributed by atoms with Gasteiger partial charge in [0.25, 0.3) is 0 Å². The molecule has 0 amide bonds. The summed E-state index contributed by atoms with van der Waals surface area (Å²) in [7, 11) is -3.98. The third kappa shape index (κ3) is 6.12. The minimum Gasteiger partial charge on any atom is -0.336 e. The van der Waals surface area contributed by atoms with Gasteiger partial charge in [-0.05, 0) is 6.42 Å². The fraction of sp³-hybridized carbons (Fsp3) is 0.857. The molecule has 0 aliphatic carbocycles. The molecule has 0 spiro atoms. The zero-order valence-electron chi connectivity index (χ0n) is 13.8. The minimum atomic E-state index is -5.52. The minimum absolute atomic E-state index is 0.413. The lowest BCUT2D eigenvalue weighted by molar-refractivity contribution is -0.160. The molecule has 0 radical (unpaired) electrons. The van der Waals surface area contributed by atoms with Gasteiger partial charge < -0.3 is 9.80 Å². The summed E-state index contributed by atoms with van der Waals surface area (Å²) in [5.74, 6) is 0. The molecule has 0 saturated carbocycles. The highest BCUT2D eigenvalue weighted by atomic mass is 32.2. The van der Waals surface area contributed by atoms with Crippen LogP contribution in [0.15, 0.2) is 12.4 Å². The van der Waals surface area contributed by atoms with Crippen LogP contribution in [0.4, 0.5) is 17.6 Å². The van der Waals surface area contributed by atoms with E-state index >= 15 is 0 Å². The van der Waals surface area contributed by atoms with Crippen LogP contribution in [-0.2, 0) is 14.3 Å². The Balaban J connectivity index is 2.56. The molecule has 0 aromatic carbocycles. The van der Waals surface area contributed by atoms with Gasteiger partial charge in [0.05, 0.1) is 0 Å². The van der Waals surface area contributed by atoms with E-state index in [-0.39, 0.29) is 0 Å². The van der Waals surface area contributed by atoms with Crippen LogP contribution in [0.1, 0.15) is 45.4 Å². The van der Waals surface area contributed by atoms with E-state index in [0.29, 0.717) is 6.54 Å². The van der Waals surface area contributed by atoms with Crippen molar-refractivity contribution in [2.75, 3.05) is 13.6 Å². The maximum Gasteiger partial charge on any atom is 0.436 e. The van der Waals surface area contributed by atoms with Gasteiger partial charge in [-0.25, -0.2) is 8.57 Å². The first-order valence-electron chi connectivity index (χ1n) is 7.88.